The molecule has 1 aromatic carbocycles. The first-order chi connectivity index (χ1) is 13.0. The first-order valence-corrected chi connectivity index (χ1v) is 9.54. The van der Waals surface area contributed by atoms with E-state index in [4.69, 9.17) is 0 Å². The molecular formula is C21H25N5O. The van der Waals surface area contributed by atoms with Gasteiger partial charge in [0.15, 0.2) is 0 Å². The Labute approximate surface area is 158 Å². The molecule has 27 heavy (non-hydrogen) atoms. The molecule has 0 saturated carbocycles. The molecule has 0 spiro atoms. The van der Waals surface area contributed by atoms with E-state index in [1.54, 1.807) is 0 Å². The van der Waals surface area contributed by atoms with E-state index in [1.165, 1.54) is 0 Å². The number of aryl methyl sites for hydroxylation is 3. The number of aromatic nitrogens is 4. The van der Waals surface area contributed by atoms with Crippen LogP contribution < -0.4 is 10.5 Å². The lowest BCUT2D eigenvalue weighted by atomic mass is 9.96. The zero-order chi connectivity index (χ0) is 19.0. The molecule has 4 rings (SSSR count). The second-order valence-corrected chi connectivity index (χ2v) is 7.47. The van der Waals surface area contributed by atoms with Crippen molar-refractivity contribution in [1.82, 2.24) is 19.5 Å². The predicted octanol–water partition coefficient (Wildman–Crippen LogP) is 3.03. The Hall–Kier alpha value is -2.76. The van der Waals surface area contributed by atoms with Crippen molar-refractivity contribution in [2.75, 3.05) is 18.0 Å². The van der Waals surface area contributed by atoms with Gasteiger partial charge in [0.25, 0.3) is 5.56 Å². The number of anilines is 1. The van der Waals surface area contributed by atoms with E-state index in [0.717, 1.165) is 61.2 Å². The maximum Gasteiger partial charge on any atom is 0.261 e. The molecule has 0 N–H and O–H groups in total. The van der Waals surface area contributed by atoms with E-state index >= 15 is 0 Å². The summed E-state index contributed by atoms with van der Waals surface area (Å²) >= 11 is 0. The van der Waals surface area contributed by atoms with Crippen LogP contribution in [0.4, 0.5) is 5.95 Å². The number of nitrogens with zero attached hydrogens (tertiary/aromatic N) is 5. The van der Waals surface area contributed by atoms with Crippen LogP contribution in [-0.4, -0.2) is 32.6 Å². The maximum atomic E-state index is 12.9. The quantitative estimate of drug-likeness (QED) is 0.716. The highest BCUT2D eigenvalue weighted by Gasteiger charge is 2.23. The van der Waals surface area contributed by atoms with Crippen molar-refractivity contribution in [3.8, 4) is 0 Å². The summed E-state index contributed by atoms with van der Waals surface area (Å²) in [5, 5.41) is 0.698. The van der Waals surface area contributed by atoms with Crippen LogP contribution in [0.1, 0.15) is 30.1 Å². The summed E-state index contributed by atoms with van der Waals surface area (Å²) < 4.78 is 1.84. The van der Waals surface area contributed by atoms with Crippen molar-refractivity contribution < 1.29 is 0 Å². The van der Waals surface area contributed by atoms with Gasteiger partial charge in [0.2, 0.25) is 5.95 Å². The molecular weight excluding hydrogens is 338 g/mol. The van der Waals surface area contributed by atoms with Crippen molar-refractivity contribution in [1.29, 1.82) is 0 Å². The third kappa shape index (κ3) is 3.56. The Kier molecular flexibility index (Phi) is 4.64. The van der Waals surface area contributed by atoms with Crippen LogP contribution in [0, 0.1) is 26.7 Å². The van der Waals surface area contributed by atoms with Crippen LogP contribution in [0.5, 0.6) is 0 Å². The molecule has 0 aliphatic carbocycles. The molecule has 0 amide bonds. The van der Waals surface area contributed by atoms with Crippen LogP contribution in [0.15, 0.2) is 35.1 Å². The van der Waals surface area contributed by atoms with Crippen molar-refractivity contribution in [2.45, 2.75) is 40.2 Å². The highest BCUT2D eigenvalue weighted by atomic mass is 16.1. The van der Waals surface area contributed by atoms with Gasteiger partial charge >= 0.3 is 0 Å². The van der Waals surface area contributed by atoms with Crippen molar-refractivity contribution in [2.24, 2.45) is 5.92 Å². The number of hydrogen-bond acceptors (Lipinski definition) is 5. The van der Waals surface area contributed by atoms with E-state index in [-0.39, 0.29) is 5.56 Å². The summed E-state index contributed by atoms with van der Waals surface area (Å²) in [6, 6.07) is 9.58. The SMILES string of the molecule is Cc1cc(C)nc(N2CCC(Cn3c(C)nc4ccccc4c3=O)CC2)n1. The molecule has 1 aliphatic heterocycles. The zero-order valence-corrected chi connectivity index (χ0v) is 16.1. The van der Waals surface area contributed by atoms with Gasteiger partial charge in [0.05, 0.1) is 10.9 Å². The Bertz CT molecular complexity index is 1010. The summed E-state index contributed by atoms with van der Waals surface area (Å²) in [5.41, 5.74) is 2.85. The van der Waals surface area contributed by atoms with Gasteiger partial charge in [0.1, 0.15) is 5.82 Å². The van der Waals surface area contributed by atoms with Gasteiger partial charge in [-0.2, -0.15) is 0 Å². The van der Waals surface area contributed by atoms with Gasteiger partial charge in [-0.25, -0.2) is 15.0 Å². The summed E-state index contributed by atoms with van der Waals surface area (Å²) in [6.45, 7) is 8.50. The molecule has 1 fully saturated rings. The number of benzene rings is 1. The molecule has 0 radical (unpaired) electrons. The summed E-state index contributed by atoms with van der Waals surface area (Å²) in [5.74, 6) is 2.08. The maximum absolute atomic E-state index is 12.9. The van der Waals surface area contributed by atoms with E-state index in [1.807, 2.05) is 55.7 Å². The Morgan fingerprint density at radius 1 is 1.00 bits per heavy atom. The highest BCUT2D eigenvalue weighted by Crippen LogP contribution is 2.23. The number of piperidine rings is 1. The minimum absolute atomic E-state index is 0.0678. The third-order valence-electron chi connectivity index (χ3n) is 5.36. The molecule has 6 nitrogen and oxygen atoms in total. The summed E-state index contributed by atoms with van der Waals surface area (Å²) in [6.07, 6.45) is 2.05. The smallest absolute Gasteiger partial charge is 0.261 e. The lowest BCUT2D eigenvalue weighted by Crippen LogP contribution is -2.38. The number of rotatable bonds is 3. The molecule has 0 unspecified atom stereocenters. The first-order valence-electron chi connectivity index (χ1n) is 9.54. The average Bonchev–Trinajstić information content (AvgIpc) is 2.65. The fourth-order valence-electron chi connectivity index (χ4n) is 3.92. The van der Waals surface area contributed by atoms with Gasteiger partial charge in [-0.1, -0.05) is 12.1 Å². The first kappa shape index (κ1) is 17.6. The van der Waals surface area contributed by atoms with Gasteiger partial charge < -0.3 is 4.90 Å². The van der Waals surface area contributed by atoms with Crippen LogP contribution in [0.2, 0.25) is 0 Å². The summed E-state index contributed by atoms with van der Waals surface area (Å²) in [7, 11) is 0. The second kappa shape index (κ2) is 7.10. The zero-order valence-electron chi connectivity index (χ0n) is 16.1. The predicted molar refractivity (Wildman–Crippen MR) is 107 cm³/mol. The van der Waals surface area contributed by atoms with Crippen LogP contribution in [-0.2, 0) is 6.54 Å². The minimum atomic E-state index is 0.0678. The van der Waals surface area contributed by atoms with Crippen LogP contribution >= 0.6 is 0 Å². The van der Waals surface area contributed by atoms with Gasteiger partial charge in [-0.3, -0.25) is 9.36 Å². The van der Waals surface area contributed by atoms with Gasteiger partial charge in [-0.15, -0.1) is 0 Å². The number of fused-ring (bicyclic) bond motifs is 1. The monoisotopic (exact) mass is 363 g/mol. The standard InChI is InChI=1S/C21H25N5O/c1-14-12-15(2)23-21(22-14)25-10-8-17(9-11-25)13-26-16(3)24-19-7-5-4-6-18(19)20(26)27/h4-7,12,17H,8-11,13H2,1-3H3. The van der Waals surface area contributed by atoms with Gasteiger partial charge in [-0.05, 0) is 57.7 Å². The number of hydrogen-bond donors (Lipinski definition) is 0. The highest BCUT2D eigenvalue weighted by molar-refractivity contribution is 5.77. The van der Waals surface area contributed by atoms with Crippen LogP contribution in [0.3, 0.4) is 0 Å². The lowest BCUT2D eigenvalue weighted by molar-refractivity contribution is 0.347. The van der Waals surface area contributed by atoms with E-state index < -0.39 is 0 Å². The Morgan fingerprint density at radius 3 is 2.37 bits per heavy atom. The largest absolute Gasteiger partial charge is 0.341 e. The average molecular weight is 363 g/mol. The fourth-order valence-corrected chi connectivity index (χ4v) is 3.92. The lowest BCUT2D eigenvalue weighted by Gasteiger charge is -2.32. The molecule has 3 heterocycles. The minimum Gasteiger partial charge on any atom is -0.341 e. The normalized spacial score (nSPS) is 15.4. The van der Waals surface area contributed by atoms with Crippen LogP contribution in [0.25, 0.3) is 10.9 Å². The third-order valence-corrected chi connectivity index (χ3v) is 5.36. The van der Waals surface area contributed by atoms with Crippen molar-refractivity contribution in [3.05, 3.63) is 57.9 Å². The summed E-state index contributed by atoms with van der Waals surface area (Å²) in [4.78, 5) is 28.9. The Balaban J connectivity index is 1.50. The molecule has 3 aromatic rings. The molecule has 0 bridgehead atoms. The molecule has 0 atom stereocenters. The molecule has 2 aromatic heterocycles. The van der Waals surface area contributed by atoms with Crippen molar-refractivity contribution >= 4 is 16.9 Å². The second-order valence-electron chi connectivity index (χ2n) is 7.47. The van der Waals surface area contributed by atoms with E-state index in [0.29, 0.717) is 11.3 Å². The molecule has 1 saturated heterocycles. The number of para-hydroxylation sites is 1. The topological polar surface area (TPSA) is 63.9 Å². The van der Waals surface area contributed by atoms with E-state index in [2.05, 4.69) is 19.9 Å². The van der Waals surface area contributed by atoms with Crippen molar-refractivity contribution in [3.63, 3.8) is 0 Å². The van der Waals surface area contributed by atoms with Gasteiger partial charge in [0, 0.05) is 31.0 Å². The fraction of sp³-hybridized carbons (Fsp3) is 0.429. The van der Waals surface area contributed by atoms with E-state index in [9.17, 15) is 4.79 Å². The molecule has 140 valence electrons. The Morgan fingerprint density at radius 2 is 1.67 bits per heavy atom. The molecule has 6 heteroatoms. The molecule has 1 aliphatic rings.